The highest BCUT2D eigenvalue weighted by Gasteiger charge is 2.35. The molecular weight excluding hydrogens is 305 g/mol. The molecule has 0 amide bonds. The summed E-state index contributed by atoms with van der Waals surface area (Å²) in [6.45, 7) is -0.321. The predicted octanol–water partition coefficient (Wildman–Crippen LogP) is 2.65. The highest BCUT2D eigenvalue weighted by atomic mass is 32.2. The van der Waals surface area contributed by atoms with Crippen LogP contribution in [0.3, 0.4) is 0 Å². The molecule has 0 saturated heterocycles. The molecule has 0 spiro atoms. The van der Waals surface area contributed by atoms with Crippen molar-refractivity contribution in [1.82, 2.24) is 9.55 Å². The van der Waals surface area contributed by atoms with Crippen molar-refractivity contribution >= 4 is 9.84 Å². The van der Waals surface area contributed by atoms with Crippen LogP contribution in [0.1, 0.15) is 11.5 Å². The van der Waals surface area contributed by atoms with Crippen LogP contribution in [0.5, 0.6) is 0 Å². The summed E-state index contributed by atoms with van der Waals surface area (Å²) in [5.74, 6) is -3.38. The van der Waals surface area contributed by atoms with Gasteiger partial charge in [0.05, 0.1) is 4.90 Å². The lowest BCUT2D eigenvalue weighted by molar-refractivity contribution is -0.0319. The van der Waals surface area contributed by atoms with Gasteiger partial charge in [0.1, 0.15) is 11.5 Å². The molecule has 0 aliphatic rings. The molecule has 21 heavy (non-hydrogen) atoms. The van der Waals surface area contributed by atoms with Gasteiger partial charge < -0.3 is 4.57 Å². The van der Waals surface area contributed by atoms with Crippen LogP contribution in [0.2, 0.25) is 0 Å². The van der Waals surface area contributed by atoms with E-state index in [0.29, 0.717) is 5.69 Å². The second-order valence-electron chi connectivity index (χ2n) is 4.65. The van der Waals surface area contributed by atoms with Crippen molar-refractivity contribution in [3.8, 4) is 5.69 Å². The second kappa shape index (κ2) is 5.18. The first-order chi connectivity index (χ1) is 9.65. The lowest BCUT2D eigenvalue weighted by atomic mass is 10.3. The Balaban J connectivity index is 2.44. The monoisotopic (exact) mass is 318 g/mol. The summed E-state index contributed by atoms with van der Waals surface area (Å²) in [6.07, 6.45) is 2.12. The van der Waals surface area contributed by atoms with Crippen molar-refractivity contribution in [2.75, 3.05) is 12.9 Å². The Morgan fingerprint density at radius 1 is 1.24 bits per heavy atom. The molecular formula is C13H13F3N2O2S. The van der Waals surface area contributed by atoms with Crippen LogP contribution in [0, 0.1) is 6.92 Å². The number of rotatable bonds is 4. The van der Waals surface area contributed by atoms with E-state index in [4.69, 9.17) is 0 Å². The van der Waals surface area contributed by atoms with E-state index in [0.717, 1.165) is 12.5 Å². The first-order valence-electron chi connectivity index (χ1n) is 5.96. The molecule has 1 heterocycles. The Bertz CT molecular complexity index is 752. The van der Waals surface area contributed by atoms with E-state index in [-0.39, 0.29) is 10.7 Å². The fourth-order valence-corrected chi connectivity index (χ4v) is 2.46. The number of halogens is 3. The number of alkyl halides is 3. The maximum absolute atomic E-state index is 13.3. The molecule has 0 atom stereocenters. The molecule has 0 radical (unpaired) electrons. The Hall–Kier alpha value is -1.83. The van der Waals surface area contributed by atoms with Gasteiger partial charge in [-0.25, -0.2) is 17.8 Å². The van der Waals surface area contributed by atoms with Gasteiger partial charge in [0, 0.05) is 18.1 Å². The number of sulfone groups is 1. The van der Waals surface area contributed by atoms with E-state index in [1.54, 1.807) is 0 Å². The molecule has 0 aliphatic heterocycles. The van der Waals surface area contributed by atoms with Gasteiger partial charge in [-0.2, -0.15) is 8.78 Å². The van der Waals surface area contributed by atoms with Gasteiger partial charge in [0.25, 0.3) is 0 Å². The van der Waals surface area contributed by atoms with E-state index in [9.17, 15) is 21.6 Å². The third-order valence-electron chi connectivity index (χ3n) is 2.97. The smallest absolute Gasteiger partial charge is 0.303 e. The van der Waals surface area contributed by atoms with E-state index < -0.39 is 28.1 Å². The van der Waals surface area contributed by atoms with Gasteiger partial charge in [0.15, 0.2) is 16.5 Å². The summed E-state index contributed by atoms with van der Waals surface area (Å²) in [4.78, 5) is 3.78. The van der Waals surface area contributed by atoms with Gasteiger partial charge in [-0.15, -0.1) is 0 Å². The molecule has 0 aliphatic carbocycles. The van der Waals surface area contributed by atoms with E-state index in [1.165, 1.54) is 35.8 Å². The first-order valence-corrected chi connectivity index (χ1v) is 7.85. The molecule has 2 aromatic rings. The summed E-state index contributed by atoms with van der Waals surface area (Å²) < 4.78 is 63.0. The topological polar surface area (TPSA) is 52.0 Å². The zero-order valence-corrected chi connectivity index (χ0v) is 12.2. The molecule has 1 aromatic carbocycles. The third kappa shape index (κ3) is 3.10. The van der Waals surface area contributed by atoms with Crippen molar-refractivity contribution in [3.05, 3.63) is 42.0 Å². The zero-order chi connectivity index (χ0) is 15.8. The molecule has 0 saturated carbocycles. The highest BCUT2D eigenvalue weighted by Crippen LogP contribution is 2.28. The minimum absolute atomic E-state index is 0.123. The quantitative estimate of drug-likeness (QED) is 0.871. The molecule has 0 N–H and O–H groups in total. The maximum atomic E-state index is 13.3. The molecule has 1 aromatic heterocycles. The van der Waals surface area contributed by atoms with Crippen LogP contribution < -0.4 is 0 Å². The van der Waals surface area contributed by atoms with Crippen LogP contribution in [-0.2, 0) is 15.8 Å². The van der Waals surface area contributed by atoms with Crippen LogP contribution in [0.15, 0.2) is 35.4 Å². The number of benzene rings is 1. The van der Waals surface area contributed by atoms with Crippen LogP contribution in [0.4, 0.5) is 13.2 Å². The molecule has 4 nitrogen and oxygen atoms in total. The molecule has 114 valence electrons. The van der Waals surface area contributed by atoms with Gasteiger partial charge in [-0.05, 0) is 31.2 Å². The maximum Gasteiger partial charge on any atom is 0.318 e. The standard InChI is InChI=1S/C13H13F3N2O2S/c1-9-17-12(13(15,16)8-14)7-18(9)10-3-5-11(6-4-10)21(2,19)20/h3-7H,8H2,1-2H3. The van der Waals surface area contributed by atoms with Crippen LogP contribution >= 0.6 is 0 Å². The number of nitrogens with zero attached hydrogens (tertiary/aromatic N) is 2. The van der Waals surface area contributed by atoms with Crippen LogP contribution in [-0.4, -0.2) is 30.9 Å². The molecule has 8 heteroatoms. The fraction of sp³-hybridized carbons (Fsp3) is 0.308. The van der Waals surface area contributed by atoms with Gasteiger partial charge >= 0.3 is 5.92 Å². The Morgan fingerprint density at radius 3 is 2.29 bits per heavy atom. The summed E-state index contributed by atoms with van der Waals surface area (Å²) in [5, 5.41) is 0. The predicted molar refractivity (Wildman–Crippen MR) is 71.3 cm³/mol. The van der Waals surface area contributed by atoms with Gasteiger partial charge in [0.2, 0.25) is 0 Å². The van der Waals surface area contributed by atoms with Crippen molar-refractivity contribution in [2.24, 2.45) is 0 Å². The van der Waals surface area contributed by atoms with Crippen molar-refractivity contribution < 1.29 is 21.6 Å². The minimum atomic E-state index is -3.64. The van der Waals surface area contributed by atoms with Crippen LogP contribution in [0.25, 0.3) is 5.69 Å². The zero-order valence-electron chi connectivity index (χ0n) is 11.3. The molecule has 0 unspecified atom stereocenters. The number of aryl methyl sites for hydroxylation is 1. The van der Waals surface area contributed by atoms with Gasteiger partial charge in [-0.3, -0.25) is 0 Å². The fourth-order valence-electron chi connectivity index (χ4n) is 1.83. The SMILES string of the molecule is Cc1nc(C(F)(F)CF)cn1-c1ccc(S(C)(=O)=O)cc1. The average Bonchev–Trinajstić information content (AvgIpc) is 2.81. The van der Waals surface area contributed by atoms with E-state index in [1.807, 2.05) is 0 Å². The minimum Gasteiger partial charge on any atom is -0.303 e. The van der Waals surface area contributed by atoms with Crippen molar-refractivity contribution in [2.45, 2.75) is 17.7 Å². The third-order valence-corrected chi connectivity index (χ3v) is 4.10. The molecule has 0 fully saturated rings. The molecule has 0 bridgehead atoms. The number of aromatic nitrogens is 2. The summed E-state index contributed by atoms with van der Waals surface area (Å²) in [6, 6.07) is 5.69. The summed E-state index contributed by atoms with van der Waals surface area (Å²) >= 11 is 0. The Kier molecular flexibility index (Phi) is 3.83. The van der Waals surface area contributed by atoms with Crippen molar-refractivity contribution in [1.29, 1.82) is 0 Å². The molecule has 2 rings (SSSR count). The normalized spacial score (nSPS) is 12.6. The van der Waals surface area contributed by atoms with Gasteiger partial charge in [-0.1, -0.05) is 0 Å². The number of hydrogen-bond acceptors (Lipinski definition) is 3. The van der Waals surface area contributed by atoms with E-state index >= 15 is 0 Å². The largest absolute Gasteiger partial charge is 0.318 e. The Labute approximate surface area is 120 Å². The number of hydrogen-bond donors (Lipinski definition) is 0. The van der Waals surface area contributed by atoms with Crippen molar-refractivity contribution in [3.63, 3.8) is 0 Å². The summed E-state index contributed by atoms with van der Waals surface area (Å²) in [7, 11) is -3.33. The lowest BCUT2D eigenvalue weighted by Gasteiger charge is -2.08. The number of imidazole rings is 1. The summed E-state index contributed by atoms with van der Waals surface area (Å²) in [5.41, 5.74) is -0.192. The van der Waals surface area contributed by atoms with E-state index in [2.05, 4.69) is 4.98 Å². The highest BCUT2D eigenvalue weighted by molar-refractivity contribution is 7.90. The second-order valence-corrected chi connectivity index (χ2v) is 6.66. The average molecular weight is 318 g/mol. The Morgan fingerprint density at radius 2 is 1.81 bits per heavy atom. The lowest BCUT2D eigenvalue weighted by Crippen LogP contribution is -2.16. The first kappa shape index (κ1) is 15.6.